The lowest BCUT2D eigenvalue weighted by Crippen LogP contribution is -2.46. The van der Waals surface area contributed by atoms with Crippen molar-refractivity contribution in [1.82, 2.24) is 5.32 Å². The van der Waals surface area contributed by atoms with E-state index in [1.807, 2.05) is 12.2 Å². The smallest absolute Gasteiger partial charge is 0.267 e. The van der Waals surface area contributed by atoms with Gasteiger partial charge in [-0.2, -0.15) is 8.42 Å². The van der Waals surface area contributed by atoms with E-state index in [1.54, 1.807) is 12.2 Å². The number of amides is 1. The van der Waals surface area contributed by atoms with E-state index in [-0.39, 0.29) is 6.42 Å². The molecule has 0 saturated heterocycles. The summed E-state index contributed by atoms with van der Waals surface area (Å²) in [5, 5.41) is 13.1. The third-order valence-corrected chi connectivity index (χ3v) is 8.36. The fourth-order valence-electron chi connectivity index (χ4n) is 4.88. The number of carbonyl (C=O) groups excluding carboxylic acids is 1. The fourth-order valence-corrected chi connectivity index (χ4v) is 5.62. The second-order valence-electron chi connectivity index (χ2n) is 12.1. The number of hydrogen-bond acceptors (Lipinski definition) is 4. The van der Waals surface area contributed by atoms with Crippen molar-refractivity contribution in [2.75, 3.05) is 5.75 Å². The van der Waals surface area contributed by atoms with Gasteiger partial charge in [0.2, 0.25) is 5.91 Å². The molecule has 0 aliphatic carbocycles. The van der Waals surface area contributed by atoms with Crippen LogP contribution in [0.25, 0.3) is 0 Å². The molecule has 0 aromatic carbocycles. The topological polar surface area (TPSA) is 104 Å². The Morgan fingerprint density at radius 2 is 1.04 bits per heavy atom. The van der Waals surface area contributed by atoms with Crippen LogP contribution in [0.3, 0.4) is 0 Å². The van der Waals surface area contributed by atoms with E-state index < -0.39 is 33.9 Å². The lowest BCUT2D eigenvalue weighted by Gasteiger charge is -2.20. The molecule has 1 amide bonds. The third-order valence-electron chi connectivity index (χ3n) is 7.58. The molecule has 0 radical (unpaired) electrons. The van der Waals surface area contributed by atoms with Crippen LogP contribution in [-0.4, -0.2) is 41.9 Å². The minimum absolute atomic E-state index is 0.0514. The molecule has 268 valence electrons. The van der Waals surface area contributed by atoms with E-state index in [0.29, 0.717) is 12.8 Å². The van der Waals surface area contributed by atoms with E-state index in [9.17, 15) is 22.9 Å². The molecule has 0 aromatic rings. The van der Waals surface area contributed by atoms with Crippen LogP contribution in [-0.2, 0) is 14.9 Å². The Morgan fingerprint density at radius 3 is 1.55 bits per heavy atom. The molecule has 2 unspecified atom stereocenters. The van der Waals surface area contributed by atoms with Gasteiger partial charge in [-0.3, -0.25) is 9.35 Å². The predicted octanol–water partition coefficient (Wildman–Crippen LogP) is 10.5. The number of nitrogens with one attached hydrogen (secondary N) is 1. The van der Waals surface area contributed by atoms with Gasteiger partial charge in [0.1, 0.15) is 0 Å². The molecular formula is C40H67NO5S. The quantitative estimate of drug-likeness (QED) is 0.0386. The predicted molar refractivity (Wildman–Crippen MR) is 202 cm³/mol. The number of aliphatic hydroxyl groups excluding tert-OH is 1. The molecule has 7 heteroatoms. The molecule has 6 nitrogen and oxygen atoms in total. The van der Waals surface area contributed by atoms with Crippen LogP contribution >= 0.6 is 0 Å². The molecule has 0 aliphatic heterocycles. The van der Waals surface area contributed by atoms with Crippen LogP contribution in [0.4, 0.5) is 0 Å². The third kappa shape index (κ3) is 34.7. The van der Waals surface area contributed by atoms with Gasteiger partial charge in [0, 0.05) is 6.42 Å². The first-order valence-electron chi connectivity index (χ1n) is 18.3. The molecule has 2 atom stereocenters. The van der Waals surface area contributed by atoms with Crippen molar-refractivity contribution in [3.8, 4) is 0 Å². The first-order chi connectivity index (χ1) is 22.8. The number of aliphatic hydroxyl groups is 1. The van der Waals surface area contributed by atoms with Gasteiger partial charge in [-0.25, -0.2) is 0 Å². The van der Waals surface area contributed by atoms with Gasteiger partial charge in [0.15, 0.2) is 0 Å². The van der Waals surface area contributed by atoms with Crippen molar-refractivity contribution in [1.29, 1.82) is 0 Å². The van der Waals surface area contributed by atoms with Gasteiger partial charge in [-0.1, -0.05) is 163 Å². The lowest BCUT2D eigenvalue weighted by molar-refractivity contribution is -0.121. The molecule has 0 bridgehead atoms. The van der Waals surface area contributed by atoms with Gasteiger partial charge in [0.05, 0.1) is 17.9 Å². The van der Waals surface area contributed by atoms with Crippen molar-refractivity contribution < 1.29 is 22.9 Å². The molecule has 0 aliphatic rings. The average molecular weight is 674 g/mol. The molecule has 47 heavy (non-hydrogen) atoms. The zero-order valence-corrected chi connectivity index (χ0v) is 30.4. The Bertz CT molecular complexity index is 1050. The Hall–Kier alpha value is -2.48. The standard InChI is InChI=1S/C40H67NO5S/c1-3-5-7-9-11-13-15-17-19-20-22-23-25-27-29-31-33-35-39(42)38(37-47(44,45)46)41-40(43)36-34-32-30-28-26-24-21-18-16-14-12-10-8-6-4-2/h6,8,12,14,18,21,25-28,32-35,38-39,42H,3-5,7,9-11,13,15-17,19-20,22-24,29-31,36-37H2,1-2H3,(H,41,43)(H,44,45,46)/b8-6-,14-12-,21-18-,27-25+,28-26-,34-32-,35-33+. The largest absolute Gasteiger partial charge is 0.387 e. The highest BCUT2D eigenvalue weighted by atomic mass is 32.2. The van der Waals surface area contributed by atoms with Crippen LogP contribution < -0.4 is 5.32 Å². The summed E-state index contributed by atoms with van der Waals surface area (Å²) in [5.41, 5.74) is 0. The highest BCUT2D eigenvalue weighted by Crippen LogP contribution is 2.12. The van der Waals surface area contributed by atoms with Crippen LogP contribution in [0.1, 0.15) is 142 Å². The number of rotatable bonds is 31. The minimum Gasteiger partial charge on any atom is -0.387 e. The fraction of sp³-hybridized carbons (Fsp3) is 0.625. The highest BCUT2D eigenvalue weighted by Gasteiger charge is 2.24. The molecule has 0 saturated carbocycles. The molecule has 0 heterocycles. The summed E-state index contributed by atoms with van der Waals surface area (Å²) in [5.74, 6) is -1.17. The maximum Gasteiger partial charge on any atom is 0.267 e. The summed E-state index contributed by atoms with van der Waals surface area (Å²) in [7, 11) is -4.39. The van der Waals surface area contributed by atoms with E-state index in [1.165, 1.54) is 76.7 Å². The average Bonchev–Trinajstić information content (AvgIpc) is 3.03. The normalized spacial score (nSPS) is 14.4. The number of unbranched alkanes of at least 4 members (excludes halogenated alkanes) is 12. The monoisotopic (exact) mass is 673 g/mol. The molecular weight excluding hydrogens is 607 g/mol. The Balaban J connectivity index is 4.21. The van der Waals surface area contributed by atoms with Gasteiger partial charge in [-0.05, 0) is 57.8 Å². The van der Waals surface area contributed by atoms with Gasteiger partial charge in [-0.15, -0.1) is 0 Å². The zero-order chi connectivity index (χ0) is 34.7. The SMILES string of the molecule is CC/C=C\C/C=C\C/C=C\C/C=C\C/C=C\CC(=O)NC(CS(=O)(=O)O)C(O)/C=C/CC/C=C/CCCCCCCCCCCCC. The number of carbonyl (C=O) groups is 1. The van der Waals surface area contributed by atoms with Crippen molar-refractivity contribution in [2.45, 2.75) is 154 Å². The summed E-state index contributed by atoms with van der Waals surface area (Å²) < 4.78 is 32.3. The highest BCUT2D eigenvalue weighted by molar-refractivity contribution is 7.85. The second kappa shape index (κ2) is 33.4. The number of hydrogen-bond donors (Lipinski definition) is 3. The first kappa shape index (κ1) is 44.5. The minimum atomic E-state index is -4.39. The van der Waals surface area contributed by atoms with Gasteiger partial charge in [0.25, 0.3) is 10.1 Å². The van der Waals surface area contributed by atoms with Crippen LogP contribution in [0.2, 0.25) is 0 Å². The molecule has 3 N–H and O–H groups in total. The summed E-state index contributed by atoms with van der Waals surface area (Å²) in [6, 6.07) is -1.13. The maximum atomic E-state index is 12.4. The van der Waals surface area contributed by atoms with Crippen LogP contribution in [0.15, 0.2) is 85.1 Å². The maximum absolute atomic E-state index is 12.4. The van der Waals surface area contributed by atoms with E-state index >= 15 is 0 Å². The van der Waals surface area contributed by atoms with E-state index in [2.05, 4.69) is 73.8 Å². The van der Waals surface area contributed by atoms with Crippen molar-refractivity contribution >= 4 is 16.0 Å². The Labute approximate surface area is 288 Å². The molecule has 0 fully saturated rings. The van der Waals surface area contributed by atoms with Crippen molar-refractivity contribution in [3.05, 3.63) is 85.1 Å². The summed E-state index contributed by atoms with van der Waals surface area (Å²) in [6.45, 7) is 4.38. The summed E-state index contributed by atoms with van der Waals surface area (Å²) in [6.07, 6.45) is 48.8. The molecule has 0 rings (SSSR count). The summed E-state index contributed by atoms with van der Waals surface area (Å²) >= 11 is 0. The van der Waals surface area contributed by atoms with E-state index in [0.717, 1.165) is 38.5 Å². The van der Waals surface area contributed by atoms with Crippen LogP contribution in [0, 0.1) is 0 Å². The Morgan fingerprint density at radius 1 is 0.596 bits per heavy atom. The second-order valence-corrected chi connectivity index (χ2v) is 13.6. The van der Waals surface area contributed by atoms with Crippen molar-refractivity contribution in [2.24, 2.45) is 0 Å². The lowest BCUT2D eigenvalue weighted by atomic mass is 10.1. The summed E-state index contributed by atoms with van der Waals surface area (Å²) in [4.78, 5) is 12.4. The van der Waals surface area contributed by atoms with Crippen molar-refractivity contribution in [3.63, 3.8) is 0 Å². The Kier molecular flexibility index (Phi) is 31.7. The van der Waals surface area contributed by atoms with Crippen LogP contribution in [0.5, 0.6) is 0 Å². The molecule has 0 aromatic heterocycles. The first-order valence-corrected chi connectivity index (χ1v) is 19.9. The van der Waals surface area contributed by atoms with Gasteiger partial charge < -0.3 is 10.4 Å². The van der Waals surface area contributed by atoms with Gasteiger partial charge >= 0.3 is 0 Å². The number of allylic oxidation sites excluding steroid dienone is 12. The molecule has 0 spiro atoms. The zero-order valence-electron chi connectivity index (χ0n) is 29.6. The van der Waals surface area contributed by atoms with E-state index in [4.69, 9.17) is 0 Å².